The molecule has 2 atom stereocenters. The van der Waals surface area contributed by atoms with Crippen LogP contribution < -0.4 is 0 Å². The van der Waals surface area contributed by atoms with E-state index in [0.717, 1.165) is 24.2 Å². The van der Waals surface area contributed by atoms with Crippen LogP contribution in [0.2, 0.25) is 0 Å². The molecule has 0 N–H and O–H groups in total. The molecule has 0 aromatic carbocycles. The zero-order valence-corrected chi connectivity index (χ0v) is 7.06. The minimum Gasteiger partial charge on any atom is -0.103 e. The molecule has 0 radical (unpaired) electrons. The zero-order chi connectivity index (χ0) is 7.47. The lowest BCUT2D eigenvalue weighted by atomic mass is 9.83. The third-order valence-corrected chi connectivity index (χ3v) is 3.94. The molecule has 0 aliphatic heterocycles. The highest BCUT2D eigenvalue weighted by Gasteiger charge is 2.86. The van der Waals surface area contributed by atoms with Gasteiger partial charge in [0.2, 0.25) is 0 Å². The van der Waals surface area contributed by atoms with Crippen molar-refractivity contribution < 1.29 is 0 Å². The van der Waals surface area contributed by atoms with E-state index in [1.165, 1.54) is 19.3 Å². The van der Waals surface area contributed by atoms with Crippen LogP contribution in [0.4, 0.5) is 0 Å². The van der Waals surface area contributed by atoms with Crippen molar-refractivity contribution in [2.24, 2.45) is 23.2 Å². The highest BCUT2D eigenvalue weighted by Crippen LogP contribution is 2.88. The summed E-state index contributed by atoms with van der Waals surface area (Å²) in [6.45, 7) is 2.15. The number of hydrogen-bond acceptors (Lipinski definition) is 0. The first kappa shape index (κ1) is 6.12. The Morgan fingerprint density at radius 2 is 2.09 bits per heavy atom. The maximum atomic E-state index is 3.51. The molecule has 2 unspecified atom stereocenters. The second-order valence-corrected chi connectivity index (χ2v) is 4.26. The molecular weight excluding hydrogens is 132 g/mol. The Morgan fingerprint density at radius 3 is 2.64 bits per heavy atom. The molecule has 0 amide bonds. The molecule has 0 heteroatoms. The van der Waals surface area contributed by atoms with Crippen molar-refractivity contribution >= 4 is 0 Å². The molecule has 0 saturated heterocycles. The lowest BCUT2D eigenvalue weighted by Gasteiger charge is -2.21. The van der Waals surface area contributed by atoms with Crippen LogP contribution in [0.3, 0.4) is 0 Å². The normalized spacial score (nSPS) is 55.5. The standard InChI is InChI=1S/C11H14/c1-2-3-7-11-8-5-4-6-9(11)10(8)11/h8-10H,2,4-6H2,1H3. The predicted molar refractivity (Wildman–Crippen MR) is 44.8 cm³/mol. The van der Waals surface area contributed by atoms with Gasteiger partial charge in [0.15, 0.2) is 0 Å². The van der Waals surface area contributed by atoms with Crippen LogP contribution >= 0.6 is 0 Å². The zero-order valence-electron chi connectivity index (χ0n) is 7.06. The summed E-state index contributed by atoms with van der Waals surface area (Å²) in [6, 6.07) is 0. The van der Waals surface area contributed by atoms with Crippen LogP contribution in [-0.2, 0) is 0 Å². The fraction of sp³-hybridized carbons (Fsp3) is 0.818. The first-order valence-corrected chi connectivity index (χ1v) is 4.91. The smallest absolute Gasteiger partial charge is 0.0412 e. The number of hydrogen-bond donors (Lipinski definition) is 0. The van der Waals surface area contributed by atoms with Crippen molar-refractivity contribution in [3.63, 3.8) is 0 Å². The molecule has 3 fully saturated rings. The molecule has 58 valence electrons. The van der Waals surface area contributed by atoms with Gasteiger partial charge in [0, 0.05) is 11.8 Å². The molecular formula is C11H14. The first-order valence-electron chi connectivity index (χ1n) is 4.91. The Morgan fingerprint density at radius 1 is 1.36 bits per heavy atom. The van der Waals surface area contributed by atoms with Crippen LogP contribution in [0.5, 0.6) is 0 Å². The van der Waals surface area contributed by atoms with Crippen molar-refractivity contribution in [2.45, 2.75) is 32.6 Å². The summed E-state index contributed by atoms with van der Waals surface area (Å²) in [4.78, 5) is 0. The van der Waals surface area contributed by atoms with E-state index < -0.39 is 0 Å². The van der Waals surface area contributed by atoms with E-state index in [2.05, 4.69) is 18.8 Å². The van der Waals surface area contributed by atoms with Crippen LogP contribution in [0.15, 0.2) is 0 Å². The van der Waals surface area contributed by atoms with Crippen molar-refractivity contribution in [1.82, 2.24) is 0 Å². The van der Waals surface area contributed by atoms with Gasteiger partial charge in [0.05, 0.1) is 0 Å². The van der Waals surface area contributed by atoms with Gasteiger partial charge in [-0.05, 0) is 30.6 Å². The Balaban J connectivity index is 1.81. The van der Waals surface area contributed by atoms with Gasteiger partial charge in [-0.1, -0.05) is 19.3 Å². The second-order valence-electron chi connectivity index (χ2n) is 4.26. The summed E-state index contributed by atoms with van der Waals surface area (Å²) >= 11 is 0. The first-order chi connectivity index (χ1) is 5.41. The third-order valence-electron chi connectivity index (χ3n) is 3.94. The highest BCUT2D eigenvalue weighted by molar-refractivity contribution is 5.44. The van der Waals surface area contributed by atoms with E-state index in [4.69, 9.17) is 0 Å². The molecule has 0 spiro atoms. The molecule has 0 bridgehead atoms. The molecule has 3 saturated carbocycles. The quantitative estimate of drug-likeness (QED) is 0.460. The third kappa shape index (κ3) is 0.515. The van der Waals surface area contributed by atoms with Crippen LogP contribution in [-0.4, -0.2) is 0 Å². The van der Waals surface area contributed by atoms with E-state index >= 15 is 0 Å². The minimum absolute atomic E-state index is 0.619. The molecule has 3 aliphatic carbocycles. The number of rotatable bonds is 0. The Labute approximate surface area is 68.4 Å². The van der Waals surface area contributed by atoms with Gasteiger partial charge < -0.3 is 0 Å². The van der Waals surface area contributed by atoms with Gasteiger partial charge in [-0.3, -0.25) is 0 Å². The van der Waals surface area contributed by atoms with E-state index in [0.29, 0.717) is 5.41 Å². The molecule has 0 aromatic rings. The van der Waals surface area contributed by atoms with Crippen molar-refractivity contribution in [3.05, 3.63) is 0 Å². The largest absolute Gasteiger partial charge is 0.103 e. The summed E-state index contributed by atoms with van der Waals surface area (Å²) in [5, 5.41) is 0. The Bertz CT molecular complexity index is 231. The number of fused-ring (bicyclic) bond motifs is 2. The Hall–Kier alpha value is -0.440. The lowest BCUT2D eigenvalue weighted by Crippen LogP contribution is -2.14. The van der Waals surface area contributed by atoms with E-state index in [9.17, 15) is 0 Å². The summed E-state index contributed by atoms with van der Waals surface area (Å²) in [5.74, 6) is 9.97. The van der Waals surface area contributed by atoms with Gasteiger partial charge in [-0.25, -0.2) is 0 Å². The summed E-state index contributed by atoms with van der Waals surface area (Å²) in [5.41, 5.74) is 0.619. The van der Waals surface area contributed by atoms with Crippen LogP contribution in [0.1, 0.15) is 32.6 Å². The molecule has 0 heterocycles. The molecule has 3 rings (SSSR count). The lowest BCUT2D eigenvalue weighted by molar-refractivity contribution is 0.307. The summed E-state index contributed by atoms with van der Waals surface area (Å²) < 4.78 is 0. The predicted octanol–water partition coefficient (Wildman–Crippen LogP) is 2.45. The van der Waals surface area contributed by atoms with E-state index in [1.807, 2.05) is 0 Å². The van der Waals surface area contributed by atoms with Crippen LogP contribution in [0, 0.1) is 35.0 Å². The van der Waals surface area contributed by atoms with Gasteiger partial charge in [0.25, 0.3) is 0 Å². The van der Waals surface area contributed by atoms with Crippen molar-refractivity contribution in [1.29, 1.82) is 0 Å². The van der Waals surface area contributed by atoms with Crippen LogP contribution in [0.25, 0.3) is 0 Å². The van der Waals surface area contributed by atoms with E-state index in [1.54, 1.807) is 0 Å². The van der Waals surface area contributed by atoms with Gasteiger partial charge in [-0.15, -0.1) is 5.92 Å². The Kier molecular flexibility index (Phi) is 0.922. The second kappa shape index (κ2) is 1.66. The highest BCUT2D eigenvalue weighted by atomic mass is 14.9. The van der Waals surface area contributed by atoms with Gasteiger partial charge >= 0.3 is 0 Å². The van der Waals surface area contributed by atoms with Gasteiger partial charge in [0.1, 0.15) is 0 Å². The van der Waals surface area contributed by atoms with Gasteiger partial charge in [-0.2, -0.15) is 0 Å². The van der Waals surface area contributed by atoms with Crippen molar-refractivity contribution in [3.8, 4) is 11.8 Å². The fourth-order valence-electron chi connectivity index (χ4n) is 3.37. The fourth-order valence-corrected chi connectivity index (χ4v) is 3.37. The van der Waals surface area contributed by atoms with Crippen molar-refractivity contribution in [2.75, 3.05) is 0 Å². The maximum absolute atomic E-state index is 3.51. The minimum atomic E-state index is 0.619. The average molecular weight is 146 g/mol. The SMILES string of the molecule is CCC#CC12C3CCCC1C32. The summed E-state index contributed by atoms with van der Waals surface area (Å²) in [6.07, 6.45) is 5.51. The monoisotopic (exact) mass is 146 g/mol. The molecule has 0 nitrogen and oxygen atoms in total. The topological polar surface area (TPSA) is 0 Å². The molecule has 11 heavy (non-hydrogen) atoms. The molecule has 3 aliphatic rings. The van der Waals surface area contributed by atoms with E-state index in [-0.39, 0.29) is 0 Å². The summed E-state index contributed by atoms with van der Waals surface area (Å²) in [7, 11) is 0. The molecule has 0 aromatic heterocycles. The average Bonchev–Trinajstić information content (AvgIpc) is 2.91. The maximum Gasteiger partial charge on any atom is 0.0412 e.